The fraction of sp³-hybridized carbons (Fsp3) is 0.0435. The molecule has 3 aromatic carbocycles. The second kappa shape index (κ2) is 8.08. The van der Waals surface area contributed by atoms with Crippen molar-refractivity contribution in [3.8, 4) is 17.2 Å². The molecule has 0 amide bonds. The molecule has 0 atom stereocenters. The fourth-order valence-corrected chi connectivity index (χ4v) is 3.26. The van der Waals surface area contributed by atoms with Crippen molar-refractivity contribution < 1.29 is 19.7 Å². The molecule has 0 radical (unpaired) electrons. The molecule has 1 aromatic heterocycles. The number of nitrogens with zero attached hydrogens (tertiary/aromatic N) is 3. The van der Waals surface area contributed by atoms with Gasteiger partial charge in [-0.15, -0.1) is 0 Å². The van der Waals surface area contributed by atoms with Gasteiger partial charge in [0.25, 0.3) is 0 Å². The Bertz CT molecular complexity index is 1140. The standard InChI is InChI=1S/C23H18FN3O3/c24-21-11-17(5-10-22(21)30)20(12-27-14-25-13-26-27)23(15-1-6-18(28)7-2-15)16-3-8-19(29)9-4-16/h1-11,13-14,28-30H,12H2. The van der Waals surface area contributed by atoms with Gasteiger partial charge in [-0.3, -0.25) is 0 Å². The lowest BCUT2D eigenvalue weighted by Crippen LogP contribution is -2.05. The molecule has 6 nitrogen and oxygen atoms in total. The van der Waals surface area contributed by atoms with Gasteiger partial charge in [0.15, 0.2) is 11.6 Å². The van der Waals surface area contributed by atoms with Crippen LogP contribution >= 0.6 is 0 Å². The number of halogens is 1. The molecule has 0 aliphatic rings. The van der Waals surface area contributed by atoms with E-state index in [4.69, 9.17) is 0 Å². The zero-order chi connectivity index (χ0) is 21.1. The minimum atomic E-state index is -0.737. The average Bonchev–Trinajstić information content (AvgIpc) is 3.25. The van der Waals surface area contributed by atoms with Crippen LogP contribution in [0.2, 0.25) is 0 Å². The highest BCUT2D eigenvalue weighted by Crippen LogP contribution is 2.35. The van der Waals surface area contributed by atoms with Crippen LogP contribution in [0.1, 0.15) is 16.7 Å². The first-order valence-corrected chi connectivity index (χ1v) is 9.14. The van der Waals surface area contributed by atoms with Gasteiger partial charge in [-0.25, -0.2) is 14.1 Å². The highest BCUT2D eigenvalue weighted by Gasteiger charge is 2.17. The first kappa shape index (κ1) is 19.2. The minimum absolute atomic E-state index is 0.123. The second-order valence-corrected chi connectivity index (χ2v) is 6.71. The number of aromatic hydroxyl groups is 3. The molecule has 0 saturated heterocycles. The normalized spacial score (nSPS) is 10.7. The van der Waals surface area contributed by atoms with Crippen LogP contribution in [0.25, 0.3) is 11.1 Å². The molecule has 0 saturated carbocycles. The highest BCUT2D eigenvalue weighted by atomic mass is 19.1. The Balaban J connectivity index is 2.01. The van der Waals surface area contributed by atoms with Gasteiger partial charge in [0, 0.05) is 0 Å². The molecule has 3 N–H and O–H groups in total. The molecule has 0 spiro atoms. The van der Waals surface area contributed by atoms with Gasteiger partial charge in [0.05, 0.1) is 6.54 Å². The zero-order valence-corrected chi connectivity index (χ0v) is 15.8. The molecule has 30 heavy (non-hydrogen) atoms. The lowest BCUT2D eigenvalue weighted by atomic mass is 9.89. The van der Waals surface area contributed by atoms with E-state index in [0.29, 0.717) is 5.56 Å². The summed E-state index contributed by atoms with van der Waals surface area (Å²) in [6.45, 7) is 0.279. The first-order chi connectivity index (χ1) is 14.5. The maximum atomic E-state index is 14.2. The molecule has 0 aliphatic carbocycles. The van der Waals surface area contributed by atoms with Crippen LogP contribution < -0.4 is 0 Å². The maximum absolute atomic E-state index is 14.2. The molecule has 1 heterocycles. The van der Waals surface area contributed by atoms with Gasteiger partial charge in [-0.05, 0) is 64.2 Å². The predicted octanol–water partition coefficient (Wildman–Crippen LogP) is 4.19. The third-order valence-electron chi connectivity index (χ3n) is 4.70. The van der Waals surface area contributed by atoms with Crippen molar-refractivity contribution in [2.24, 2.45) is 0 Å². The summed E-state index contributed by atoms with van der Waals surface area (Å²) >= 11 is 0. The van der Waals surface area contributed by atoms with E-state index in [0.717, 1.165) is 22.3 Å². The molecular weight excluding hydrogens is 385 g/mol. The summed E-state index contributed by atoms with van der Waals surface area (Å²) in [4.78, 5) is 3.98. The topological polar surface area (TPSA) is 91.4 Å². The van der Waals surface area contributed by atoms with Gasteiger partial charge in [0.1, 0.15) is 24.2 Å². The molecule has 150 valence electrons. The SMILES string of the molecule is Oc1ccc(C(=C(Cn2cncn2)c2ccc(O)c(F)c2)c2ccc(O)cc2)cc1. The summed E-state index contributed by atoms with van der Waals surface area (Å²) in [5, 5.41) is 33.3. The minimum Gasteiger partial charge on any atom is -0.508 e. The van der Waals surface area contributed by atoms with Crippen LogP contribution in [0.3, 0.4) is 0 Å². The summed E-state index contributed by atoms with van der Waals surface area (Å²) < 4.78 is 15.8. The summed E-state index contributed by atoms with van der Waals surface area (Å²) in [7, 11) is 0. The predicted molar refractivity (Wildman–Crippen MR) is 110 cm³/mol. The quantitative estimate of drug-likeness (QED) is 0.435. The van der Waals surface area contributed by atoms with Crippen molar-refractivity contribution in [3.05, 3.63) is 102 Å². The smallest absolute Gasteiger partial charge is 0.165 e. The van der Waals surface area contributed by atoms with E-state index in [1.165, 1.54) is 18.5 Å². The number of aromatic nitrogens is 3. The maximum Gasteiger partial charge on any atom is 0.165 e. The summed E-state index contributed by atoms with van der Waals surface area (Å²) in [6.07, 6.45) is 2.97. The van der Waals surface area contributed by atoms with Gasteiger partial charge in [0.2, 0.25) is 0 Å². The molecule has 4 rings (SSSR count). The largest absolute Gasteiger partial charge is 0.508 e. The summed E-state index contributed by atoms with van der Waals surface area (Å²) in [6, 6.07) is 17.5. The lowest BCUT2D eigenvalue weighted by molar-refractivity contribution is 0.432. The number of rotatable bonds is 5. The number of phenols is 3. The van der Waals surface area contributed by atoms with Crippen LogP contribution in [0.5, 0.6) is 17.2 Å². The Morgan fingerprint density at radius 1 is 0.800 bits per heavy atom. The van der Waals surface area contributed by atoms with Gasteiger partial charge in [-0.1, -0.05) is 30.3 Å². The van der Waals surface area contributed by atoms with Crippen LogP contribution in [-0.2, 0) is 6.54 Å². The molecule has 0 bridgehead atoms. The van der Waals surface area contributed by atoms with Crippen LogP contribution in [0, 0.1) is 5.82 Å². The van der Waals surface area contributed by atoms with E-state index in [-0.39, 0.29) is 18.0 Å². The Morgan fingerprint density at radius 2 is 1.37 bits per heavy atom. The number of hydrogen-bond donors (Lipinski definition) is 3. The first-order valence-electron chi connectivity index (χ1n) is 9.14. The van der Waals surface area contributed by atoms with Crippen molar-refractivity contribution in [1.29, 1.82) is 0 Å². The van der Waals surface area contributed by atoms with Crippen molar-refractivity contribution in [2.45, 2.75) is 6.54 Å². The van der Waals surface area contributed by atoms with E-state index in [2.05, 4.69) is 10.1 Å². The van der Waals surface area contributed by atoms with Crippen LogP contribution in [0.4, 0.5) is 4.39 Å². The summed E-state index contributed by atoms with van der Waals surface area (Å²) in [5.74, 6) is -0.927. The van der Waals surface area contributed by atoms with Gasteiger partial charge < -0.3 is 15.3 Å². The third kappa shape index (κ3) is 4.00. The molecule has 7 heteroatoms. The Kier molecular flexibility index (Phi) is 5.17. The fourth-order valence-electron chi connectivity index (χ4n) is 3.26. The molecule has 0 aliphatic heterocycles. The molecule has 0 fully saturated rings. The molecular formula is C23H18FN3O3. The number of allylic oxidation sites excluding steroid dienone is 1. The van der Waals surface area contributed by atoms with E-state index < -0.39 is 11.6 Å². The second-order valence-electron chi connectivity index (χ2n) is 6.71. The number of hydrogen-bond acceptors (Lipinski definition) is 5. The Labute approximate surface area is 171 Å². The van der Waals surface area contributed by atoms with E-state index in [1.54, 1.807) is 65.6 Å². The Hall–Kier alpha value is -4.13. The van der Waals surface area contributed by atoms with Crippen molar-refractivity contribution >= 4 is 11.1 Å². The van der Waals surface area contributed by atoms with E-state index in [1.807, 2.05) is 0 Å². The Morgan fingerprint density at radius 3 is 1.87 bits per heavy atom. The molecule has 0 unspecified atom stereocenters. The lowest BCUT2D eigenvalue weighted by Gasteiger charge is -2.18. The monoisotopic (exact) mass is 403 g/mol. The van der Waals surface area contributed by atoms with E-state index in [9.17, 15) is 19.7 Å². The number of phenolic OH excluding ortho intramolecular Hbond substituents is 3. The van der Waals surface area contributed by atoms with Crippen molar-refractivity contribution in [2.75, 3.05) is 0 Å². The summed E-state index contributed by atoms with van der Waals surface area (Å²) in [5.41, 5.74) is 3.59. The van der Waals surface area contributed by atoms with Crippen molar-refractivity contribution in [3.63, 3.8) is 0 Å². The van der Waals surface area contributed by atoms with Gasteiger partial charge >= 0.3 is 0 Å². The van der Waals surface area contributed by atoms with Crippen molar-refractivity contribution in [1.82, 2.24) is 14.8 Å². The zero-order valence-electron chi connectivity index (χ0n) is 15.8. The van der Waals surface area contributed by atoms with Gasteiger partial charge in [-0.2, -0.15) is 5.10 Å². The highest BCUT2D eigenvalue weighted by molar-refractivity contribution is 5.98. The van der Waals surface area contributed by atoms with Crippen LogP contribution in [0.15, 0.2) is 79.4 Å². The molecule has 4 aromatic rings. The van der Waals surface area contributed by atoms with E-state index >= 15 is 0 Å². The third-order valence-corrected chi connectivity index (χ3v) is 4.70. The average molecular weight is 403 g/mol. The number of benzene rings is 3. The van der Waals surface area contributed by atoms with Crippen LogP contribution in [-0.4, -0.2) is 30.1 Å².